The summed E-state index contributed by atoms with van der Waals surface area (Å²) < 4.78 is 1.32. The molecule has 1 fully saturated rings. The lowest BCUT2D eigenvalue weighted by Gasteiger charge is -2.27. The van der Waals surface area contributed by atoms with Gasteiger partial charge in [0.05, 0.1) is 9.75 Å². The first-order valence-electron chi connectivity index (χ1n) is 5.88. The maximum atomic E-state index is 11.4. The van der Waals surface area contributed by atoms with Gasteiger partial charge in [0.15, 0.2) is 0 Å². The largest absolute Gasteiger partial charge is 0.368 e. The van der Waals surface area contributed by atoms with Crippen molar-refractivity contribution < 1.29 is 4.79 Å². The van der Waals surface area contributed by atoms with Crippen LogP contribution in [0.25, 0.3) is 0 Å². The van der Waals surface area contributed by atoms with Crippen LogP contribution >= 0.6 is 23.1 Å². The summed E-state index contributed by atoms with van der Waals surface area (Å²) in [5.41, 5.74) is 10.8. The zero-order chi connectivity index (χ0) is 12.3. The quantitative estimate of drug-likeness (QED) is 0.806. The maximum Gasteiger partial charge on any atom is 0.237 e. The van der Waals surface area contributed by atoms with Crippen molar-refractivity contribution >= 4 is 29.0 Å². The fourth-order valence-corrected chi connectivity index (χ4v) is 4.39. The van der Waals surface area contributed by atoms with E-state index in [0.717, 1.165) is 31.4 Å². The number of nitrogens with two attached hydrogens (primary N) is 2. The molecular weight excluding hydrogens is 252 g/mol. The van der Waals surface area contributed by atoms with Gasteiger partial charge in [-0.25, -0.2) is 0 Å². The highest BCUT2D eigenvalue weighted by atomic mass is 32.2. The van der Waals surface area contributed by atoms with Gasteiger partial charge in [0.1, 0.15) is 0 Å². The van der Waals surface area contributed by atoms with E-state index in [-0.39, 0.29) is 11.8 Å². The Morgan fingerprint density at radius 3 is 3.12 bits per heavy atom. The van der Waals surface area contributed by atoms with Crippen LogP contribution in [0, 0.1) is 5.92 Å². The maximum absolute atomic E-state index is 11.4. The monoisotopic (exact) mass is 270 g/mol. The Morgan fingerprint density at radius 1 is 1.65 bits per heavy atom. The van der Waals surface area contributed by atoms with Crippen LogP contribution in [0.3, 0.4) is 0 Å². The summed E-state index contributed by atoms with van der Waals surface area (Å²) in [5.74, 6) is 0.936. The third-order valence-corrected chi connectivity index (χ3v) is 5.70. The molecule has 1 aliphatic carbocycles. The van der Waals surface area contributed by atoms with Crippen molar-refractivity contribution in [2.24, 2.45) is 17.4 Å². The molecule has 3 nitrogen and oxygen atoms in total. The van der Waals surface area contributed by atoms with Crippen molar-refractivity contribution in [3.63, 3.8) is 0 Å². The van der Waals surface area contributed by atoms with Crippen LogP contribution in [0.5, 0.6) is 0 Å². The molecule has 1 aromatic heterocycles. The van der Waals surface area contributed by atoms with Crippen molar-refractivity contribution in [3.8, 4) is 0 Å². The number of amides is 1. The standard InChI is InChI=1S/C12H18N2OS2/c13-11(15)12(14)6-1-3-9(12)5-8-17-10-4-2-7-16-10/h2,4,7,9H,1,3,5-6,8,14H2,(H2,13,15). The van der Waals surface area contributed by atoms with E-state index in [2.05, 4.69) is 17.5 Å². The van der Waals surface area contributed by atoms with Crippen LogP contribution in [0.2, 0.25) is 0 Å². The van der Waals surface area contributed by atoms with Crippen LogP contribution in [-0.4, -0.2) is 17.2 Å². The fourth-order valence-electron chi connectivity index (χ4n) is 2.48. The van der Waals surface area contributed by atoms with Gasteiger partial charge in [-0.2, -0.15) is 0 Å². The molecule has 0 aromatic carbocycles. The molecular formula is C12H18N2OS2. The Labute approximate surface area is 110 Å². The molecule has 1 aromatic rings. The summed E-state index contributed by atoms with van der Waals surface area (Å²) in [4.78, 5) is 11.4. The van der Waals surface area contributed by atoms with E-state index in [1.54, 1.807) is 11.3 Å². The molecule has 0 bridgehead atoms. The first-order chi connectivity index (χ1) is 8.13. The molecule has 0 radical (unpaired) electrons. The van der Waals surface area contributed by atoms with Gasteiger partial charge in [-0.3, -0.25) is 4.79 Å². The third kappa shape index (κ3) is 2.84. The lowest BCUT2D eigenvalue weighted by Crippen LogP contribution is -2.54. The second-order valence-electron chi connectivity index (χ2n) is 4.56. The minimum absolute atomic E-state index is 0.257. The third-order valence-electron chi connectivity index (χ3n) is 3.54. The molecule has 1 heterocycles. The van der Waals surface area contributed by atoms with Crippen molar-refractivity contribution in [1.82, 2.24) is 0 Å². The van der Waals surface area contributed by atoms with Crippen LogP contribution in [0.15, 0.2) is 21.7 Å². The molecule has 1 aliphatic rings. The van der Waals surface area contributed by atoms with E-state index in [1.165, 1.54) is 4.21 Å². The van der Waals surface area contributed by atoms with Crippen molar-refractivity contribution in [2.75, 3.05) is 5.75 Å². The number of carbonyl (C=O) groups excluding carboxylic acids is 1. The van der Waals surface area contributed by atoms with Crippen LogP contribution < -0.4 is 11.5 Å². The van der Waals surface area contributed by atoms with Gasteiger partial charge in [-0.05, 0) is 42.4 Å². The topological polar surface area (TPSA) is 69.1 Å². The zero-order valence-electron chi connectivity index (χ0n) is 9.72. The smallest absolute Gasteiger partial charge is 0.237 e. The number of primary amides is 1. The first kappa shape index (κ1) is 12.9. The highest BCUT2D eigenvalue weighted by Gasteiger charge is 2.43. The minimum atomic E-state index is -0.754. The molecule has 2 unspecified atom stereocenters. The van der Waals surface area contributed by atoms with Crippen LogP contribution in [0.1, 0.15) is 25.7 Å². The second-order valence-corrected chi connectivity index (χ2v) is 6.91. The number of thioether (sulfide) groups is 1. The molecule has 0 aliphatic heterocycles. The molecule has 1 saturated carbocycles. The summed E-state index contributed by atoms with van der Waals surface area (Å²) in [6.07, 6.45) is 3.77. The van der Waals surface area contributed by atoms with E-state index >= 15 is 0 Å². The molecule has 0 spiro atoms. The van der Waals surface area contributed by atoms with Crippen molar-refractivity contribution in [1.29, 1.82) is 0 Å². The number of hydrogen-bond donors (Lipinski definition) is 2. The first-order valence-corrected chi connectivity index (χ1v) is 7.74. The Morgan fingerprint density at radius 2 is 2.47 bits per heavy atom. The van der Waals surface area contributed by atoms with E-state index in [4.69, 9.17) is 11.5 Å². The van der Waals surface area contributed by atoms with Crippen LogP contribution in [0.4, 0.5) is 0 Å². The predicted octanol–water partition coefficient (Wildman–Crippen LogP) is 2.21. The number of hydrogen-bond acceptors (Lipinski definition) is 4. The summed E-state index contributed by atoms with van der Waals surface area (Å²) in [6, 6.07) is 4.17. The Kier molecular flexibility index (Phi) is 4.12. The lowest BCUT2D eigenvalue weighted by molar-refractivity contribution is -0.124. The number of thiophene rings is 1. The van der Waals surface area contributed by atoms with Gasteiger partial charge in [-0.1, -0.05) is 12.5 Å². The average molecular weight is 270 g/mol. The Balaban J connectivity index is 1.84. The highest BCUT2D eigenvalue weighted by molar-refractivity contribution is 8.01. The molecule has 17 heavy (non-hydrogen) atoms. The second kappa shape index (κ2) is 5.42. The SMILES string of the molecule is NC(=O)C1(N)CCCC1CCSc1cccs1. The molecule has 94 valence electrons. The molecule has 0 saturated heterocycles. The van der Waals surface area contributed by atoms with Gasteiger partial charge < -0.3 is 11.5 Å². The average Bonchev–Trinajstić information content (AvgIpc) is 2.90. The molecule has 5 heteroatoms. The van der Waals surface area contributed by atoms with E-state index in [0.29, 0.717) is 0 Å². The van der Waals surface area contributed by atoms with Gasteiger partial charge in [-0.15, -0.1) is 23.1 Å². The van der Waals surface area contributed by atoms with E-state index < -0.39 is 5.54 Å². The van der Waals surface area contributed by atoms with E-state index in [9.17, 15) is 4.79 Å². The predicted molar refractivity (Wildman–Crippen MR) is 73.1 cm³/mol. The summed E-state index contributed by atoms with van der Waals surface area (Å²) in [7, 11) is 0. The van der Waals surface area contributed by atoms with Crippen molar-refractivity contribution in [2.45, 2.75) is 35.4 Å². The number of carbonyl (C=O) groups is 1. The Bertz CT molecular complexity index is 380. The van der Waals surface area contributed by atoms with Gasteiger partial charge in [0.25, 0.3) is 0 Å². The van der Waals surface area contributed by atoms with Crippen LogP contribution in [-0.2, 0) is 4.79 Å². The molecule has 4 N–H and O–H groups in total. The minimum Gasteiger partial charge on any atom is -0.368 e. The van der Waals surface area contributed by atoms with Crippen molar-refractivity contribution in [3.05, 3.63) is 17.5 Å². The highest BCUT2D eigenvalue weighted by Crippen LogP contribution is 2.37. The summed E-state index contributed by atoms with van der Waals surface area (Å²) in [5, 5.41) is 2.08. The fraction of sp³-hybridized carbons (Fsp3) is 0.583. The summed E-state index contributed by atoms with van der Waals surface area (Å²) in [6.45, 7) is 0. The van der Waals surface area contributed by atoms with E-state index in [1.807, 2.05) is 11.8 Å². The normalized spacial score (nSPS) is 28.4. The van der Waals surface area contributed by atoms with Gasteiger partial charge >= 0.3 is 0 Å². The molecule has 2 atom stereocenters. The Hall–Kier alpha value is -0.520. The van der Waals surface area contributed by atoms with Gasteiger partial charge in [0, 0.05) is 0 Å². The molecule has 2 rings (SSSR count). The lowest BCUT2D eigenvalue weighted by atomic mass is 9.85. The molecule has 1 amide bonds. The number of rotatable bonds is 5. The van der Waals surface area contributed by atoms with Gasteiger partial charge in [0.2, 0.25) is 5.91 Å². The zero-order valence-corrected chi connectivity index (χ0v) is 11.4. The summed E-state index contributed by atoms with van der Waals surface area (Å²) >= 11 is 3.59.